The van der Waals surface area contributed by atoms with Crippen molar-refractivity contribution in [3.8, 4) is 0 Å². The van der Waals surface area contributed by atoms with E-state index < -0.39 is 18.1 Å². The molecule has 1 aromatic carbocycles. The van der Waals surface area contributed by atoms with Crippen LogP contribution in [0.3, 0.4) is 0 Å². The smallest absolute Gasteiger partial charge is 0.393 e. The number of Topliss-reactive ketones (excluding diaryl/α,β-unsaturated/α-hetero) is 1. The first-order valence-corrected chi connectivity index (χ1v) is 13.0. The van der Waals surface area contributed by atoms with Gasteiger partial charge in [0.1, 0.15) is 5.69 Å². The second kappa shape index (κ2) is 10.5. The summed E-state index contributed by atoms with van der Waals surface area (Å²) in [4.78, 5) is 26.1. The van der Waals surface area contributed by atoms with Gasteiger partial charge in [0.2, 0.25) is 0 Å². The second-order valence-electron chi connectivity index (χ2n) is 10.7. The maximum Gasteiger partial charge on any atom is 0.393 e. The van der Waals surface area contributed by atoms with Crippen LogP contribution in [0.1, 0.15) is 46.8 Å². The number of hydrogen-bond donors (Lipinski definition) is 2. The zero-order chi connectivity index (χ0) is 27.0. The zero-order valence-corrected chi connectivity index (χ0v) is 21.4. The highest BCUT2D eigenvalue weighted by atomic mass is 19.4. The number of alkyl halides is 3. The van der Waals surface area contributed by atoms with Gasteiger partial charge in [-0.25, -0.2) is 4.98 Å². The minimum atomic E-state index is -4.34. The molecule has 0 amide bonds. The van der Waals surface area contributed by atoms with E-state index in [0.29, 0.717) is 22.7 Å². The third-order valence-corrected chi connectivity index (χ3v) is 7.84. The summed E-state index contributed by atoms with van der Waals surface area (Å²) in [5.41, 5.74) is 15.6. The number of nitrogen functional groups attached to an aromatic ring is 1. The van der Waals surface area contributed by atoms with Gasteiger partial charge in [0, 0.05) is 54.6 Å². The second-order valence-corrected chi connectivity index (χ2v) is 10.7. The fourth-order valence-electron chi connectivity index (χ4n) is 5.71. The van der Waals surface area contributed by atoms with E-state index in [0.717, 1.165) is 31.3 Å². The largest absolute Gasteiger partial charge is 0.397 e. The summed E-state index contributed by atoms with van der Waals surface area (Å²) in [5.74, 6) is -1.39. The van der Waals surface area contributed by atoms with Crippen LogP contribution >= 0.6 is 0 Å². The van der Waals surface area contributed by atoms with Gasteiger partial charge in [-0.3, -0.25) is 9.78 Å². The van der Waals surface area contributed by atoms with Crippen LogP contribution in [0.25, 0.3) is 10.9 Å². The van der Waals surface area contributed by atoms with E-state index in [2.05, 4.69) is 28.0 Å². The molecule has 0 spiro atoms. The van der Waals surface area contributed by atoms with E-state index in [1.165, 1.54) is 18.0 Å². The molecule has 4 heterocycles. The van der Waals surface area contributed by atoms with E-state index in [9.17, 15) is 18.0 Å². The highest BCUT2D eigenvalue weighted by Gasteiger charge is 2.44. The molecule has 2 aliphatic rings. The van der Waals surface area contributed by atoms with Crippen LogP contribution in [0.15, 0.2) is 42.7 Å². The lowest BCUT2D eigenvalue weighted by molar-refractivity contribution is -0.177. The van der Waals surface area contributed by atoms with Crippen molar-refractivity contribution < 1.29 is 18.0 Å². The van der Waals surface area contributed by atoms with Crippen LogP contribution in [0.5, 0.6) is 0 Å². The first-order chi connectivity index (χ1) is 18.1. The average molecular weight is 527 g/mol. The predicted molar refractivity (Wildman–Crippen MR) is 142 cm³/mol. The molecule has 0 radical (unpaired) electrons. The Morgan fingerprint density at radius 1 is 1.13 bits per heavy atom. The SMILES string of the molecule is CN1CCC(c2ccc3cc(N)c(C(=O)Cc4cnccc4N4C[C@@H](N)C[C@@H](C(F)(F)F)C4)nc3c2)CC1. The summed E-state index contributed by atoms with van der Waals surface area (Å²) in [6.45, 7) is 2.15. The number of nitrogens with zero attached hydrogens (tertiary/aromatic N) is 4. The van der Waals surface area contributed by atoms with Gasteiger partial charge in [0.15, 0.2) is 5.78 Å². The lowest BCUT2D eigenvalue weighted by Crippen LogP contribution is -2.51. The Bertz CT molecular complexity index is 1320. The molecule has 202 valence electrons. The third kappa shape index (κ3) is 5.61. The Labute approximate surface area is 220 Å². The fraction of sp³-hybridized carbons (Fsp3) is 0.464. The van der Waals surface area contributed by atoms with Gasteiger partial charge in [-0.15, -0.1) is 0 Å². The lowest BCUT2D eigenvalue weighted by atomic mass is 9.89. The van der Waals surface area contributed by atoms with Gasteiger partial charge in [0.25, 0.3) is 0 Å². The first kappa shape index (κ1) is 26.4. The van der Waals surface area contributed by atoms with Crippen molar-refractivity contribution >= 4 is 28.1 Å². The minimum absolute atomic E-state index is 0.0804. The minimum Gasteiger partial charge on any atom is -0.397 e. The number of carbonyl (C=O) groups excluding carboxylic acids is 1. The first-order valence-electron chi connectivity index (χ1n) is 13.0. The van der Waals surface area contributed by atoms with Crippen LogP contribution in [0.2, 0.25) is 0 Å². The number of nitrogens with two attached hydrogens (primary N) is 2. The van der Waals surface area contributed by atoms with Crippen LogP contribution in [-0.2, 0) is 6.42 Å². The summed E-state index contributed by atoms with van der Waals surface area (Å²) in [6.07, 6.45) is 0.642. The molecule has 10 heteroatoms. The molecule has 2 aromatic heterocycles. The van der Waals surface area contributed by atoms with E-state index >= 15 is 0 Å². The monoisotopic (exact) mass is 526 g/mol. The zero-order valence-electron chi connectivity index (χ0n) is 21.4. The van der Waals surface area contributed by atoms with Gasteiger partial charge >= 0.3 is 6.18 Å². The number of carbonyl (C=O) groups is 1. The molecule has 0 bridgehead atoms. The molecule has 2 atom stereocenters. The Kier molecular flexibility index (Phi) is 7.28. The number of piperidine rings is 2. The highest BCUT2D eigenvalue weighted by molar-refractivity contribution is 6.03. The Morgan fingerprint density at radius 2 is 1.89 bits per heavy atom. The number of likely N-dealkylation sites (tertiary alicyclic amines) is 1. The van der Waals surface area contributed by atoms with Crippen molar-refractivity contribution in [2.24, 2.45) is 11.7 Å². The number of hydrogen-bond acceptors (Lipinski definition) is 7. The van der Waals surface area contributed by atoms with Crippen LogP contribution in [0.4, 0.5) is 24.5 Å². The number of rotatable bonds is 5. The van der Waals surface area contributed by atoms with Crippen molar-refractivity contribution in [2.45, 2.75) is 43.8 Å². The van der Waals surface area contributed by atoms with Gasteiger partial charge in [-0.05, 0) is 69.1 Å². The topological polar surface area (TPSA) is 101 Å². The Balaban J connectivity index is 1.40. The van der Waals surface area contributed by atoms with Gasteiger partial charge in [0.05, 0.1) is 17.1 Å². The van der Waals surface area contributed by atoms with Crippen LogP contribution in [0, 0.1) is 5.92 Å². The Hall–Kier alpha value is -3.24. The quantitative estimate of drug-likeness (QED) is 0.482. The number of anilines is 2. The molecular weight excluding hydrogens is 493 g/mol. The lowest BCUT2D eigenvalue weighted by Gasteiger charge is -2.39. The van der Waals surface area contributed by atoms with E-state index in [1.54, 1.807) is 17.0 Å². The number of benzene rings is 1. The standard InChI is InChI=1S/C28H33F3N6O/c1-36-8-5-17(6-9-36)18-2-3-19-10-23(33)27(35-24(19)11-18)26(38)12-20-14-34-7-4-25(20)37-15-21(28(29,30)31)13-22(32)16-37/h2-4,7,10-11,14,17,21-22H,5-6,8-9,12-13,15-16,32-33H2,1H3/t21-,22+/m1/s1. The van der Waals surface area contributed by atoms with Crippen molar-refractivity contribution in [2.75, 3.05) is 43.9 Å². The van der Waals surface area contributed by atoms with Crippen LogP contribution in [-0.4, -0.2) is 66.1 Å². The summed E-state index contributed by atoms with van der Waals surface area (Å²) < 4.78 is 40.5. The van der Waals surface area contributed by atoms with E-state index in [4.69, 9.17) is 11.5 Å². The molecule has 3 aromatic rings. The molecule has 4 N–H and O–H groups in total. The number of ketones is 1. The van der Waals surface area contributed by atoms with Crippen molar-refractivity contribution in [3.63, 3.8) is 0 Å². The summed E-state index contributed by atoms with van der Waals surface area (Å²) in [6, 6.07) is 8.93. The summed E-state index contributed by atoms with van der Waals surface area (Å²) in [5, 5.41) is 0.860. The van der Waals surface area contributed by atoms with Crippen molar-refractivity contribution in [1.82, 2.24) is 14.9 Å². The Morgan fingerprint density at radius 3 is 2.63 bits per heavy atom. The average Bonchev–Trinajstić information content (AvgIpc) is 2.88. The molecule has 2 saturated heterocycles. The van der Waals surface area contributed by atoms with Crippen molar-refractivity contribution in [1.29, 1.82) is 0 Å². The van der Waals surface area contributed by atoms with Crippen molar-refractivity contribution in [3.05, 3.63) is 59.5 Å². The van der Waals surface area contributed by atoms with Gasteiger partial charge in [-0.1, -0.05) is 12.1 Å². The number of halogens is 3. The molecule has 0 unspecified atom stereocenters. The molecule has 2 fully saturated rings. The maximum atomic E-state index is 13.5. The molecule has 2 aliphatic heterocycles. The highest BCUT2D eigenvalue weighted by Crippen LogP contribution is 2.36. The van der Waals surface area contributed by atoms with E-state index in [1.807, 2.05) is 12.1 Å². The number of pyridine rings is 2. The maximum absolute atomic E-state index is 13.5. The molecular formula is C28H33F3N6O. The molecule has 7 nitrogen and oxygen atoms in total. The van der Waals surface area contributed by atoms with Crippen LogP contribution < -0.4 is 16.4 Å². The molecule has 5 rings (SSSR count). The normalized spacial score (nSPS) is 21.7. The summed E-state index contributed by atoms with van der Waals surface area (Å²) in [7, 11) is 2.13. The fourth-order valence-corrected chi connectivity index (χ4v) is 5.71. The van der Waals surface area contributed by atoms with E-state index in [-0.39, 0.29) is 43.1 Å². The molecule has 38 heavy (non-hydrogen) atoms. The van der Waals surface area contributed by atoms with Gasteiger partial charge < -0.3 is 21.3 Å². The third-order valence-electron chi connectivity index (χ3n) is 7.84. The predicted octanol–water partition coefficient (Wildman–Crippen LogP) is 4.16. The number of fused-ring (bicyclic) bond motifs is 1. The number of aromatic nitrogens is 2. The van der Waals surface area contributed by atoms with Gasteiger partial charge in [-0.2, -0.15) is 13.2 Å². The molecule has 0 aliphatic carbocycles. The molecule has 0 saturated carbocycles. The summed E-state index contributed by atoms with van der Waals surface area (Å²) >= 11 is 0.